The van der Waals surface area contributed by atoms with Crippen molar-refractivity contribution < 1.29 is 78.0 Å². The number of phenolic OH excluding ortho intramolecular Hbond substituents is 2. The van der Waals surface area contributed by atoms with Gasteiger partial charge in [0.05, 0.1) is 59.3 Å². The molecule has 2 aromatic rings. The normalized spacial score (nSPS) is 14.8. The Labute approximate surface area is 487 Å². The van der Waals surface area contributed by atoms with E-state index in [1.54, 1.807) is 27.7 Å². The first kappa shape index (κ1) is 69.9. The van der Waals surface area contributed by atoms with Gasteiger partial charge in [-0.05, 0) is 87.5 Å². The van der Waals surface area contributed by atoms with Gasteiger partial charge >= 0.3 is 11.9 Å². The number of carbonyl (C=O) groups is 12. The summed E-state index contributed by atoms with van der Waals surface area (Å²) in [5.74, 6) is -12.1. The molecule has 1 aliphatic carbocycles. The van der Waals surface area contributed by atoms with Crippen LogP contribution in [0.3, 0.4) is 0 Å². The van der Waals surface area contributed by atoms with Gasteiger partial charge in [0.2, 0.25) is 58.8 Å². The number of benzene rings is 2. The van der Waals surface area contributed by atoms with Gasteiger partial charge in [-0.15, -0.1) is 0 Å². The molecular weight excluding hydrogens is 1100 g/mol. The van der Waals surface area contributed by atoms with E-state index in [-0.39, 0.29) is 98.0 Å². The van der Waals surface area contributed by atoms with Crippen LogP contribution in [-0.2, 0) is 47.9 Å². The van der Waals surface area contributed by atoms with E-state index >= 15 is 0 Å². The van der Waals surface area contributed by atoms with Crippen LogP contribution in [0, 0.1) is 23.7 Å². The number of aliphatic carboxylic acids is 2. The van der Waals surface area contributed by atoms with Crippen LogP contribution in [0.25, 0.3) is 0 Å². The quantitative estimate of drug-likeness (QED) is 0.0262. The lowest BCUT2D eigenvalue weighted by molar-refractivity contribution is -0.140. The number of rotatable bonds is 36. The van der Waals surface area contributed by atoms with Crippen molar-refractivity contribution in [1.29, 1.82) is 0 Å². The van der Waals surface area contributed by atoms with Gasteiger partial charge in [-0.1, -0.05) is 55.4 Å². The number of nitrogens with two attached hydrogens (primary N) is 2. The zero-order chi connectivity index (χ0) is 63.4. The van der Waals surface area contributed by atoms with E-state index < -0.39 is 155 Å². The Kier molecular flexibility index (Phi) is 27.0. The molecule has 2 aromatic carbocycles. The maximum Gasteiger partial charge on any atom is 0.305 e. The van der Waals surface area contributed by atoms with Crippen LogP contribution in [0.4, 0.5) is 11.4 Å². The van der Waals surface area contributed by atoms with Gasteiger partial charge < -0.3 is 74.4 Å². The first-order chi connectivity index (χ1) is 39.2. The SMILES string of the molecule is CC(C)C[C@H](NC(=O)[C@H](C)NC(=O)[C@H](CC(C)C)NC(CC(=O)O)C(=O)NCCNc1ccc(NCCNC(=O)C(CC(=O)O)N[C@@H](CC(C)C)C(=O)N[C@@H](C)C(=O)N[C@@H](CC(C)C)C(N)=O)c2c1C(=O)c1c(O)ccc(O)c1C2=O)C(N)=O. The molecule has 2 unspecified atom stereocenters. The van der Waals surface area contributed by atoms with Gasteiger partial charge in [0.15, 0.2) is 0 Å². The number of anilines is 2. The zero-order valence-corrected chi connectivity index (χ0v) is 49.2. The second-order valence-corrected chi connectivity index (χ2v) is 22.5. The molecule has 8 amide bonds. The molecule has 0 saturated carbocycles. The fourth-order valence-electron chi connectivity index (χ4n) is 9.19. The summed E-state index contributed by atoms with van der Waals surface area (Å²) in [7, 11) is 0. The van der Waals surface area contributed by atoms with Gasteiger partial charge in [-0.25, -0.2) is 0 Å². The highest BCUT2D eigenvalue weighted by Gasteiger charge is 2.39. The number of carboxylic acid groups (broad SMARTS) is 2. The molecule has 0 heterocycles. The van der Waals surface area contributed by atoms with Crippen molar-refractivity contribution in [2.24, 2.45) is 35.1 Å². The lowest BCUT2D eigenvalue weighted by Gasteiger charge is -2.27. The summed E-state index contributed by atoms with van der Waals surface area (Å²) in [4.78, 5) is 157. The second-order valence-electron chi connectivity index (χ2n) is 22.5. The maximum absolute atomic E-state index is 14.3. The van der Waals surface area contributed by atoms with Crippen LogP contribution in [0.1, 0.15) is 140 Å². The van der Waals surface area contributed by atoms with Crippen molar-refractivity contribution >= 4 is 82.1 Å². The van der Waals surface area contributed by atoms with Gasteiger partial charge in [0.25, 0.3) is 0 Å². The average Bonchev–Trinajstić information content (AvgIpc) is 0.800. The number of primary amides is 2. The van der Waals surface area contributed by atoms with Gasteiger partial charge in [-0.3, -0.25) is 68.2 Å². The molecule has 0 aromatic heterocycles. The molecule has 1 aliphatic rings. The third-order valence-corrected chi connectivity index (χ3v) is 13.2. The first-order valence-electron chi connectivity index (χ1n) is 27.8. The number of nitrogens with one attached hydrogen (secondary N) is 10. The Hall–Kier alpha value is -8.40. The predicted octanol–water partition coefficient (Wildman–Crippen LogP) is -0.334. The molecule has 0 saturated heterocycles. The fraction of sp³-hybridized carbons (Fsp3) is 0.571. The summed E-state index contributed by atoms with van der Waals surface area (Å²) in [6.07, 6.45) is -0.828. The van der Waals surface area contributed by atoms with Gasteiger partial charge in [0, 0.05) is 37.6 Å². The van der Waals surface area contributed by atoms with E-state index in [2.05, 4.69) is 53.2 Å². The van der Waals surface area contributed by atoms with E-state index in [1.807, 2.05) is 27.7 Å². The van der Waals surface area contributed by atoms with Crippen molar-refractivity contribution in [3.8, 4) is 11.5 Å². The maximum atomic E-state index is 14.3. The minimum absolute atomic E-state index is 0.00641. The zero-order valence-electron chi connectivity index (χ0n) is 49.2. The third kappa shape index (κ3) is 21.1. The molecule has 18 N–H and O–H groups in total. The molecule has 0 spiro atoms. The molecule has 0 fully saturated rings. The second kappa shape index (κ2) is 32.4. The van der Waals surface area contributed by atoms with Crippen LogP contribution in [0.5, 0.6) is 11.5 Å². The van der Waals surface area contributed by atoms with E-state index in [0.29, 0.717) is 0 Å². The topological polar surface area (TPSA) is 458 Å². The van der Waals surface area contributed by atoms with Crippen molar-refractivity contribution in [3.63, 3.8) is 0 Å². The highest BCUT2D eigenvalue weighted by molar-refractivity contribution is 6.33. The average molecular weight is 1180 g/mol. The summed E-state index contributed by atoms with van der Waals surface area (Å²) in [6.45, 7) is 16.5. The monoisotopic (exact) mass is 1180 g/mol. The molecule has 84 heavy (non-hydrogen) atoms. The molecular formula is C56H84N12O16. The Morgan fingerprint density at radius 2 is 0.714 bits per heavy atom. The lowest BCUT2D eigenvalue weighted by Crippen LogP contribution is -2.58. The number of carbonyl (C=O) groups excluding carboxylic acids is 10. The largest absolute Gasteiger partial charge is 0.507 e. The summed E-state index contributed by atoms with van der Waals surface area (Å²) in [5.41, 5.74) is 9.48. The fourth-order valence-corrected chi connectivity index (χ4v) is 9.19. The minimum atomic E-state index is -1.48. The number of carboxylic acids is 2. The first-order valence-corrected chi connectivity index (χ1v) is 27.8. The van der Waals surface area contributed by atoms with Crippen LogP contribution >= 0.6 is 0 Å². The molecule has 0 aliphatic heterocycles. The van der Waals surface area contributed by atoms with Crippen LogP contribution in [0.2, 0.25) is 0 Å². The summed E-state index contributed by atoms with van der Waals surface area (Å²) in [5, 5.41) is 68.1. The highest BCUT2D eigenvalue weighted by atomic mass is 16.4. The van der Waals surface area contributed by atoms with Crippen molar-refractivity contribution in [2.75, 3.05) is 36.8 Å². The molecule has 0 radical (unpaired) electrons. The Bertz CT molecular complexity index is 2590. The number of hydrogen-bond donors (Lipinski definition) is 16. The number of aromatic hydroxyl groups is 2. The van der Waals surface area contributed by atoms with Gasteiger partial charge in [-0.2, -0.15) is 0 Å². The summed E-state index contributed by atoms with van der Waals surface area (Å²) < 4.78 is 0. The van der Waals surface area contributed by atoms with E-state index in [0.717, 1.165) is 12.1 Å². The predicted molar refractivity (Wildman–Crippen MR) is 307 cm³/mol. The molecule has 28 nitrogen and oxygen atoms in total. The number of phenols is 2. The van der Waals surface area contributed by atoms with Crippen molar-refractivity contribution in [3.05, 3.63) is 46.5 Å². The number of hydrogen-bond acceptors (Lipinski definition) is 18. The van der Waals surface area contributed by atoms with Crippen LogP contribution in [-0.4, -0.2) is 166 Å². The standard InChI is InChI=1S/C56H84N12O16/c1-25(2)19-33(49(57)77)67-51(79)29(9)63-55(83)35(21-27(5)6)65-37(23-41(71)72)53(81)61-17-15-59-31-11-12-32(44-43(31)47(75)45-39(69)13-14-40(70)46(45)48(44)76)60-16-18-62-54(82)38(24-42(73)74)66-36(22-28(7)8)56(84)64-30(10)52(80)68-34(50(58)78)20-26(3)4/h11-14,25-30,33-38,59-60,65-66,69-70H,15-24H2,1-10H3,(H2,57,77)(H2,58,78)(H,61,81)(H,62,82)(H,63,83)(H,64,84)(H,67,79)(H,68,80)(H,71,72)(H,73,74)/t29-,30-,33-,34-,35-,36-,37?,38?/m0/s1. The van der Waals surface area contributed by atoms with E-state index in [9.17, 15) is 78.0 Å². The number of amides is 8. The van der Waals surface area contributed by atoms with Gasteiger partial charge in [0.1, 0.15) is 35.7 Å². The Morgan fingerprint density at radius 3 is 1.00 bits per heavy atom. The lowest BCUT2D eigenvalue weighted by atomic mass is 9.81. The summed E-state index contributed by atoms with van der Waals surface area (Å²) >= 11 is 0. The molecule has 8 atom stereocenters. The van der Waals surface area contributed by atoms with Crippen molar-refractivity contribution in [2.45, 2.75) is 156 Å². The molecule has 3 rings (SSSR count). The Balaban J connectivity index is 1.81. The van der Waals surface area contributed by atoms with Crippen molar-refractivity contribution in [1.82, 2.24) is 42.5 Å². The Morgan fingerprint density at radius 1 is 0.405 bits per heavy atom. The molecule has 0 bridgehead atoms. The van der Waals surface area contributed by atoms with Crippen LogP contribution in [0.15, 0.2) is 24.3 Å². The third-order valence-electron chi connectivity index (χ3n) is 13.2. The molecule has 28 heteroatoms. The van der Waals surface area contributed by atoms with Crippen LogP contribution < -0.4 is 64.6 Å². The highest BCUT2D eigenvalue weighted by Crippen LogP contribution is 2.42. The number of fused-ring (bicyclic) bond motifs is 2. The smallest absolute Gasteiger partial charge is 0.305 e. The van der Waals surface area contributed by atoms with E-state index in [4.69, 9.17) is 11.5 Å². The molecule has 464 valence electrons. The summed E-state index contributed by atoms with van der Waals surface area (Å²) in [6, 6.07) is -4.77. The van der Waals surface area contributed by atoms with E-state index in [1.165, 1.54) is 26.0 Å². The number of ketones is 2. The minimum Gasteiger partial charge on any atom is -0.507 e.